The number of ether oxygens (including phenoxy) is 1. The number of nitrogens with one attached hydrogen (secondary N) is 1. The van der Waals surface area contributed by atoms with E-state index in [0.29, 0.717) is 5.92 Å². The lowest BCUT2D eigenvalue weighted by molar-refractivity contribution is -0.150. The van der Waals surface area contributed by atoms with Gasteiger partial charge < -0.3 is 10.1 Å². The summed E-state index contributed by atoms with van der Waals surface area (Å²) in [6, 6.07) is 9.68. The fourth-order valence-electron chi connectivity index (χ4n) is 2.83. The molecule has 124 valence electrons. The molecule has 1 amide bonds. The van der Waals surface area contributed by atoms with Crippen molar-refractivity contribution >= 4 is 18.0 Å². The van der Waals surface area contributed by atoms with Crippen LogP contribution in [-0.4, -0.2) is 24.0 Å². The molecule has 0 heterocycles. The van der Waals surface area contributed by atoms with Crippen molar-refractivity contribution in [1.29, 1.82) is 0 Å². The highest BCUT2D eigenvalue weighted by molar-refractivity contribution is 5.90. The number of benzene rings is 1. The van der Waals surface area contributed by atoms with Gasteiger partial charge in [-0.15, -0.1) is 0 Å². The van der Waals surface area contributed by atoms with Crippen LogP contribution in [0.2, 0.25) is 0 Å². The maximum atomic E-state index is 12.2. The summed E-state index contributed by atoms with van der Waals surface area (Å²) < 4.78 is 5.17. The van der Waals surface area contributed by atoms with Crippen molar-refractivity contribution in [2.24, 2.45) is 5.92 Å². The van der Waals surface area contributed by atoms with Gasteiger partial charge in [0, 0.05) is 12.1 Å². The smallest absolute Gasteiger partial charge is 0.331 e. The zero-order valence-electron chi connectivity index (χ0n) is 13.8. The molecular formula is C19H25NO3. The van der Waals surface area contributed by atoms with E-state index in [-0.39, 0.29) is 11.9 Å². The lowest BCUT2D eigenvalue weighted by Gasteiger charge is -2.30. The quantitative estimate of drug-likeness (QED) is 0.670. The van der Waals surface area contributed by atoms with Crippen LogP contribution in [0.5, 0.6) is 0 Å². The average Bonchev–Trinajstić information content (AvgIpc) is 2.56. The molecule has 3 atom stereocenters. The van der Waals surface area contributed by atoms with E-state index in [9.17, 15) is 9.59 Å². The molecule has 0 aromatic heterocycles. The molecule has 0 aliphatic heterocycles. The van der Waals surface area contributed by atoms with Gasteiger partial charge >= 0.3 is 5.97 Å². The number of rotatable bonds is 5. The SMILES string of the molecule is C[C@H](OC(=O)/C=C/c1ccccc1)C(=O)N[C@@H]1CCCC[C@@H]1C. The zero-order valence-corrected chi connectivity index (χ0v) is 13.8. The third-order valence-corrected chi connectivity index (χ3v) is 4.31. The molecule has 1 saturated carbocycles. The zero-order chi connectivity index (χ0) is 16.7. The summed E-state index contributed by atoms with van der Waals surface area (Å²) in [7, 11) is 0. The Morgan fingerprint density at radius 3 is 2.61 bits per heavy atom. The van der Waals surface area contributed by atoms with Gasteiger partial charge in [0.15, 0.2) is 6.10 Å². The Balaban J connectivity index is 1.80. The predicted molar refractivity (Wildman–Crippen MR) is 90.6 cm³/mol. The second-order valence-corrected chi connectivity index (χ2v) is 6.20. The van der Waals surface area contributed by atoms with Gasteiger partial charge in [0.1, 0.15) is 0 Å². The van der Waals surface area contributed by atoms with E-state index in [1.165, 1.54) is 12.5 Å². The molecule has 2 rings (SSSR count). The van der Waals surface area contributed by atoms with Crippen LogP contribution in [-0.2, 0) is 14.3 Å². The highest BCUT2D eigenvalue weighted by atomic mass is 16.5. The second kappa shape index (κ2) is 8.51. The van der Waals surface area contributed by atoms with E-state index < -0.39 is 12.1 Å². The summed E-state index contributed by atoms with van der Waals surface area (Å²) >= 11 is 0. The van der Waals surface area contributed by atoms with Crippen molar-refractivity contribution in [1.82, 2.24) is 5.32 Å². The molecule has 1 aliphatic carbocycles. The van der Waals surface area contributed by atoms with Gasteiger partial charge in [-0.05, 0) is 37.3 Å². The molecule has 0 bridgehead atoms. The third-order valence-electron chi connectivity index (χ3n) is 4.31. The Kier molecular flexibility index (Phi) is 6.39. The molecule has 1 fully saturated rings. The average molecular weight is 315 g/mol. The molecule has 1 N–H and O–H groups in total. The van der Waals surface area contributed by atoms with Gasteiger partial charge in [0.25, 0.3) is 5.91 Å². The minimum atomic E-state index is -0.781. The third kappa shape index (κ3) is 5.55. The Labute approximate surface area is 137 Å². The topological polar surface area (TPSA) is 55.4 Å². The Morgan fingerprint density at radius 1 is 1.22 bits per heavy atom. The number of carbonyl (C=O) groups excluding carboxylic acids is 2. The summed E-state index contributed by atoms with van der Waals surface area (Å²) in [5.74, 6) is -0.244. The summed E-state index contributed by atoms with van der Waals surface area (Å²) in [6.45, 7) is 3.76. The normalized spacial score (nSPS) is 22.5. The largest absolute Gasteiger partial charge is 0.449 e. The van der Waals surface area contributed by atoms with Crippen LogP contribution in [0.15, 0.2) is 36.4 Å². The Bertz CT molecular complexity index is 553. The lowest BCUT2D eigenvalue weighted by atomic mass is 9.86. The molecule has 0 radical (unpaired) electrons. The van der Waals surface area contributed by atoms with Crippen molar-refractivity contribution in [3.05, 3.63) is 42.0 Å². The van der Waals surface area contributed by atoms with Crippen molar-refractivity contribution in [3.8, 4) is 0 Å². The fourth-order valence-corrected chi connectivity index (χ4v) is 2.83. The fraction of sp³-hybridized carbons (Fsp3) is 0.474. The first-order valence-electron chi connectivity index (χ1n) is 8.30. The first-order chi connectivity index (χ1) is 11.1. The van der Waals surface area contributed by atoms with Crippen LogP contribution in [0.1, 0.15) is 45.1 Å². The Morgan fingerprint density at radius 2 is 1.91 bits per heavy atom. The first kappa shape index (κ1) is 17.3. The summed E-state index contributed by atoms with van der Waals surface area (Å²) in [5.41, 5.74) is 0.914. The maximum absolute atomic E-state index is 12.2. The monoisotopic (exact) mass is 315 g/mol. The molecular weight excluding hydrogens is 290 g/mol. The molecule has 4 nitrogen and oxygen atoms in total. The summed E-state index contributed by atoms with van der Waals surface area (Å²) in [5, 5.41) is 3.01. The second-order valence-electron chi connectivity index (χ2n) is 6.20. The summed E-state index contributed by atoms with van der Waals surface area (Å²) in [4.78, 5) is 24.0. The standard InChI is InChI=1S/C19H25NO3/c1-14-8-6-7-11-17(14)20-19(22)15(2)23-18(21)13-12-16-9-4-3-5-10-16/h3-5,9-10,12-15,17H,6-8,11H2,1-2H3,(H,20,22)/b13-12+/t14-,15-,17+/m0/s1. The van der Waals surface area contributed by atoms with E-state index in [2.05, 4.69) is 12.2 Å². The van der Waals surface area contributed by atoms with E-state index in [4.69, 9.17) is 4.74 Å². The maximum Gasteiger partial charge on any atom is 0.331 e. The van der Waals surface area contributed by atoms with Gasteiger partial charge in [-0.2, -0.15) is 0 Å². The van der Waals surface area contributed by atoms with E-state index >= 15 is 0 Å². The number of hydrogen-bond donors (Lipinski definition) is 1. The molecule has 0 saturated heterocycles. The van der Waals surface area contributed by atoms with Gasteiger partial charge in [-0.1, -0.05) is 50.1 Å². The van der Waals surface area contributed by atoms with Crippen LogP contribution in [0.25, 0.3) is 6.08 Å². The number of carbonyl (C=O) groups is 2. The van der Waals surface area contributed by atoms with Crippen molar-refractivity contribution < 1.29 is 14.3 Å². The van der Waals surface area contributed by atoms with E-state index in [1.807, 2.05) is 30.3 Å². The van der Waals surface area contributed by atoms with Crippen molar-refractivity contribution in [3.63, 3.8) is 0 Å². The minimum absolute atomic E-state index is 0.192. The van der Waals surface area contributed by atoms with Gasteiger partial charge in [0.05, 0.1) is 0 Å². The number of esters is 1. The van der Waals surface area contributed by atoms with Crippen molar-refractivity contribution in [2.45, 2.75) is 51.7 Å². The Hall–Kier alpha value is -2.10. The summed E-state index contributed by atoms with van der Waals surface area (Å²) in [6.07, 6.45) is 6.75. The van der Waals surface area contributed by atoms with Gasteiger partial charge in [-0.25, -0.2) is 4.79 Å². The molecule has 1 aromatic rings. The molecule has 0 unspecified atom stereocenters. The molecule has 0 spiro atoms. The highest BCUT2D eigenvalue weighted by Crippen LogP contribution is 2.23. The first-order valence-corrected chi connectivity index (χ1v) is 8.30. The number of amides is 1. The molecule has 4 heteroatoms. The minimum Gasteiger partial charge on any atom is -0.449 e. The highest BCUT2D eigenvalue weighted by Gasteiger charge is 2.25. The number of hydrogen-bond acceptors (Lipinski definition) is 3. The van der Waals surface area contributed by atoms with E-state index in [1.54, 1.807) is 13.0 Å². The predicted octanol–water partition coefficient (Wildman–Crippen LogP) is 3.33. The molecule has 1 aliphatic rings. The van der Waals surface area contributed by atoms with Gasteiger partial charge in [0.2, 0.25) is 0 Å². The lowest BCUT2D eigenvalue weighted by Crippen LogP contribution is -2.45. The molecule has 1 aromatic carbocycles. The molecule has 23 heavy (non-hydrogen) atoms. The van der Waals surface area contributed by atoms with Crippen LogP contribution < -0.4 is 5.32 Å². The van der Waals surface area contributed by atoms with Crippen LogP contribution in [0, 0.1) is 5.92 Å². The van der Waals surface area contributed by atoms with E-state index in [0.717, 1.165) is 24.8 Å². The van der Waals surface area contributed by atoms with Crippen molar-refractivity contribution in [2.75, 3.05) is 0 Å². The van der Waals surface area contributed by atoms with Crippen LogP contribution in [0.4, 0.5) is 0 Å². The van der Waals surface area contributed by atoms with Crippen LogP contribution >= 0.6 is 0 Å². The van der Waals surface area contributed by atoms with Crippen LogP contribution in [0.3, 0.4) is 0 Å². The van der Waals surface area contributed by atoms with Gasteiger partial charge in [-0.3, -0.25) is 4.79 Å².